The molecular formula is C21H39N2O2S+. The molecule has 26 heavy (non-hydrogen) atoms. The van der Waals surface area contributed by atoms with E-state index in [4.69, 9.17) is 0 Å². The summed E-state index contributed by atoms with van der Waals surface area (Å²) in [4.78, 5) is 0. The third-order valence-electron chi connectivity index (χ3n) is 4.68. The van der Waals surface area contributed by atoms with E-state index in [0.29, 0.717) is 10.2 Å². The van der Waals surface area contributed by atoms with E-state index in [1.807, 2.05) is 24.3 Å². The summed E-state index contributed by atoms with van der Waals surface area (Å²) in [6.07, 6.45) is 12.1. The van der Waals surface area contributed by atoms with E-state index in [-0.39, 0.29) is 5.75 Å². The number of unbranched alkanes of at least 4 members (excludes halogenated alkanes) is 9. The van der Waals surface area contributed by atoms with Gasteiger partial charge in [-0.1, -0.05) is 64.7 Å². The lowest BCUT2D eigenvalue weighted by molar-refractivity contribution is 0.486. The number of anilines is 1. The van der Waals surface area contributed by atoms with Crippen LogP contribution in [-0.2, 0) is 10.0 Å². The van der Waals surface area contributed by atoms with Gasteiger partial charge in [-0.05, 0) is 18.6 Å². The van der Waals surface area contributed by atoms with Gasteiger partial charge in [0.2, 0.25) is 10.0 Å². The lowest BCUT2D eigenvalue weighted by Gasteiger charge is -2.23. The van der Waals surface area contributed by atoms with Crippen molar-refractivity contribution in [3.05, 3.63) is 24.3 Å². The first-order valence-electron chi connectivity index (χ1n) is 10.2. The van der Waals surface area contributed by atoms with Gasteiger partial charge in [-0.25, -0.2) is 8.42 Å². The molecule has 4 nitrogen and oxygen atoms in total. The van der Waals surface area contributed by atoms with Crippen LogP contribution >= 0.6 is 0 Å². The average Bonchev–Trinajstić information content (AvgIpc) is 2.56. The first-order chi connectivity index (χ1) is 12.2. The predicted octanol–water partition coefficient (Wildman–Crippen LogP) is 5.55. The van der Waals surface area contributed by atoms with E-state index in [0.717, 1.165) is 24.9 Å². The van der Waals surface area contributed by atoms with Crippen molar-refractivity contribution in [1.82, 2.24) is 4.48 Å². The Labute approximate surface area is 161 Å². The second-order valence-electron chi connectivity index (χ2n) is 8.16. The first-order valence-corrected chi connectivity index (χ1v) is 11.8. The number of hydrogen-bond acceptors (Lipinski definition) is 2. The van der Waals surface area contributed by atoms with Crippen LogP contribution in [0.5, 0.6) is 0 Å². The third kappa shape index (κ3) is 10.2. The topological polar surface area (TPSA) is 46.2 Å². The second kappa shape index (κ2) is 11.6. The van der Waals surface area contributed by atoms with Crippen LogP contribution in [0, 0.1) is 0 Å². The molecule has 0 saturated heterocycles. The largest absolute Gasteiger partial charge is 0.298 e. The summed E-state index contributed by atoms with van der Waals surface area (Å²) in [6.45, 7) is 2.24. The molecule has 0 saturated carbocycles. The van der Waals surface area contributed by atoms with Gasteiger partial charge >= 0.3 is 0 Å². The van der Waals surface area contributed by atoms with Gasteiger partial charge in [-0.3, -0.25) is 9.21 Å². The molecule has 0 spiro atoms. The van der Waals surface area contributed by atoms with E-state index >= 15 is 0 Å². The van der Waals surface area contributed by atoms with E-state index < -0.39 is 10.0 Å². The molecule has 0 atom stereocenters. The fourth-order valence-electron chi connectivity index (χ4n) is 2.99. The quantitative estimate of drug-likeness (QED) is 0.338. The number of benzene rings is 1. The molecule has 5 heteroatoms. The van der Waals surface area contributed by atoms with Crippen LogP contribution in [0.1, 0.15) is 71.1 Å². The highest BCUT2D eigenvalue weighted by molar-refractivity contribution is 7.92. The number of quaternary nitrogens is 1. The maximum absolute atomic E-state index is 12.2. The van der Waals surface area contributed by atoms with E-state index in [1.165, 1.54) is 44.9 Å². The number of sulfonamides is 1. The average molecular weight is 384 g/mol. The molecule has 1 aromatic rings. The summed E-state index contributed by atoms with van der Waals surface area (Å²) in [6, 6.07) is 7.63. The molecule has 0 aliphatic heterocycles. The molecule has 0 unspecified atom stereocenters. The zero-order valence-electron chi connectivity index (χ0n) is 17.3. The SMILES string of the molecule is CCCCCCCCCCCCS(=O)(=O)Nc1ccc([N+](C)(C)C)cc1. The van der Waals surface area contributed by atoms with Crippen LogP contribution in [-0.4, -0.2) is 35.3 Å². The minimum Gasteiger partial charge on any atom is -0.298 e. The van der Waals surface area contributed by atoms with E-state index in [1.54, 1.807) is 0 Å². The Morgan fingerprint density at radius 3 is 1.69 bits per heavy atom. The molecule has 1 N–H and O–H groups in total. The van der Waals surface area contributed by atoms with Crippen LogP contribution in [0.2, 0.25) is 0 Å². The number of rotatable bonds is 14. The standard InChI is InChI=1S/C21H39N2O2S/c1-5-6-7-8-9-10-11-12-13-14-19-26(24,25)22-20-15-17-21(18-16-20)23(2,3)4/h15-18,22H,5-14,19H2,1-4H3/q+1. The molecule has 0 bridgehead atoms. The minimum absolute atomic E-state index is 0.209. The van der Waals surface area contributed by atoms with E-state index in [9.17, 15) is 8.42 Å². The Morgan fingerprint density at radius 2 is 1.23 bits per heavy atom. The van der Waals surface area contributed by atoms with Crippen LogP contribution in [0.25, 0.3) is 0 Å². The van der Waals surface area contributed by atoms with Crippen LogP contribution < -0.4 is 9.21 Å². The highest BCUT2D eigenvalue weighted by Gasteiger charge is 2.13. The maximum atomic E-state index is 12.2. The Balaban J connectivity index is 2.20. The lowest BCUT2D eigenvalue weighted by atomic mass is 10.1. The first kappa shape index (κ1) is 23.0. The van der Waals surface area contributed by atoms with Gasteiger partial charge < -0.3 is 0 Å². The van der Waals surface area contributed by atoms with Crippen molar-refractivity contribution in [2.45, 2.75) is 71.1 Å². The predicted molar refractivity (Wildman–Crippen MR) is 115 cm³/mol. The van der Waals surface area contributed by atoms with Crippen LogP contribution in [0.15, 0.2) is 24.3 Å². The van der Waals surface area contributed by atoms with Crippen molar-refractivity contribution < 1.29 is 8.42 Å². The summed E-state index contributed by atoms with van der Waals surface area (Å²) < 4.78 is 27.8. The monoisotopic (exact) mass is 383 g/mol. The summed E-state index contributed by atoms with van der Waals surface area (Å²) in [5.74, 6) is 0.209. The maximum Gasteiger partial charge on any atom is 0.232 e. The van der Waals surface area contributed by atoms with Crippen molar-refractivity contribution in [2.75, 3.05) is 31.6 Å². The smallest absolute Gasteiger partial charge is 0.232 e. The van der Waals surface area contributed by atoms with Gasteiger partial charge in [0.05, 0.1) is 26.9 Å². The van der Waals surface area contributed by atoms with Crippen molar-refractivity contribution in [3.8, 4) is 0 Å². The van der Waals surface area contributed by atoms with Gasteiger partial charge in [0.15, 0.2) is 0 Å². The minimum atomic E-state index is -3.25. The van der Waals surface area contributed by atoms with Gasteiger partial charge in [0, 0.05) is 17.8 Å². The van der Waals surface area contributed by atoms with Gasteiger partial charge in [-0.15, -0.1) is 0 Å². The van der Waals surface area contributed by atoms with Crippen molar-refractivity contribution in [1.29, 1.82) is 0 Å². The normalized spacial score (nSPS) is 12.3. The number of nitrogens with one attached hydrogen (secondary N) is 1. The van der Waals surface area contributed by atoms with Crippen molar-refractivity contribution in [3.63, 3.8) is 0 Å². The van der Waals surface area contributed by atoms with Gasteiger partial charge in [0.1, 0.15) is 5.69 Å². The molecule has 0 amide bonds. The molecule has 1 aromatic carbocycles. The summed E-state index contributed by atoms with van der Waals surface area (Å²) in [5, 5.41) is 0. The fraction of sp³-hybridized carbons (Fsp3) is 0.714. The molecule has 0 aliphatic rings. The van der Waals surface area contributed by atoms with E-state index in [2.05, 4.69) is 32.8 Å². The fourth-order valence-corrected chi connectivity index (χ4v) is 4.17. The second-order valence-corrected chi connectivity index (χ2v) is 10.0. The van der Waals surface area contributed by atoms with Gasteiger partial charge in [-0.2, -0.15) is 0 Å². The Bertz CT molecular complexity index is 589. The van der Waals surface area contributed by atoms with Gasteiger partial charge in [0.25, 0.3) is 0 Å². The Morgan fingerprint density at radius 1 is 0.769 bits per heavy atom. The molecular weight excluding hydrogens is 344 g/mol. The zero-order valence-corrected chi connectivity index (χ0v) is 18.1. The Hall–Kier alpha value is -1.07. The summed E-state index contributed by atoms with van der Waals surface area (Å²) >= 11 is 0. The summed E-state index contributed by atoms with van der Waals surface area (Å²) in [5.41, 5.74) is 1.79. The van der Waals surface area contributed by atoms with Crippen molar-refractivity contribution in [2.24, 2.45) is 0 Å². The third-order valence-corrected chi connectivity index (χ3v) is 6.05. The summed E-state index contributed by atoms with van der Waals surface area (Å²) in [7, 11) is 3.02. The molecule has 1 rings (SSSR count). The molecule has 0 radical (unpaired) electrons. The number of nitrogens with zero attached hydrogens (tertiary/aromatic N) is 1. The number of hydrogen-bond donors (Lipinski definition) is 1. The zero-order chi connectivity index (χ0) is 19.5. The highest BCUT2D eigenvalue weighted by atomic mass is 32.2. The highest BCUT2D eigenvalue weighted by Crippen LogP contribution is 2.20. The lowest BCUT2D eigenvalue weighted by Crippen LogP contribution is -2.34. The van der Waals surface area contributed by atoms with Crippen molar-refractivity contribution >= 4 is 21.4 Å². The molecule has 150 valence electrons. The molecule has 0 fully saturated rings. The van der Waals surface area contributed by atoms with Crippen LogP contribution in [0.3, 0.4) is 0 Å². The molecule has 0 heterocycles. The Kier molecular flexibility index (Phi) is 10.3. The van der Waals surface area contributed by atoms with Crippen LogP contribution in [0.4, 0.5) is 11.4 Å². The molecule has 0 aromatic heterocycles. The molecule has 0 aliphatic carbocycles.